The maximum absolute atomic E-state index is 14.7. The van der Waals surface area contributed by atoms with Crippen molar-refractivity contribution in [2.75, 3.05) is 18.4 Å². The summed E-state index contributed by atoms with van der Waals surface area (Å²) in [5.74, 6) is -1.69. The SMILES string of the molecule is CCn1cc(NC(=O)C2CCN(C(=O)c3ccc(-c4ccc(F)cc4)cc3F)CC2)cn1. The number of likely N-dealkylation sites (tertiary alicyclic amines) is 1. The molecule has 1 aromatic heterocycles. The van der Waals surface area contributed by atoms with Gasteiger partial charge in [-0.05, 0) is 55.2 Å². The number of nitrogens with zero attached hydrogens (tertiary/aromatic N) is 3. The molecular weight excluding hydrogens is 414 g/mol. The van der Waals surface area contributed by atoms with Crippen molar-refractivity contribution in [3.05, 3.63) is 72.1 Å². The average molecular weight is 438 g/mol. The number of anilines is 1. The van der Waals surface area contributed by atoms with E-state index in [-0.39, 0.29) is 23.2 Å². The summed E-state index contributed by atoms with van der Waals surface area (Å²) in [7, 11) is 0. The van der Waals surface area contributed by atoms with E-state index in [0.717, 1.165) is 6.54 Å². The third kappa shape index (κ3) is 4.69. The summed E-state index contributed by atoms with van der Waals surface area (Å²) in [6.07, 6.45) is 4.40. The summed E-state index contributed by atoms with van der Waals surface area (Å²) < 4.78 is 29.5. The Morgan fingerprint density at radius 3 is 2.38 bits per heavy atom. The molecule has 1 saturated heterocycles. The van der Waals surface area contributed by atoms with Crippen molar-refractivity contribution in [1.82, 2.24) is 14.7 Å². The quantitative estimate of drug-likeness (QED) is 0.645. The van der Waals surface area contributed by atoms with E-state index in [9.17, 15) is 18.4 Å². The number of carbonyl (C=O) groups is 2. The number of aryl methyl sites for hydroxylation is 1. The maximum atomic E-state index is 14.7. The van der Waals surface area contributed by atoms with E-state index in [1.807, 2.05) is 6.92 Å². The first-order chi connectivity index (χ1) is 15.4. The lowest BCUT2D eigenvalue weighted by atomic mass is 9.95. The van der Waals surface area contributed by atoms with Crippen LogP contribution in [0.3, 0.4) is 0 Å². The molecule has 0 radical (unpaired) electrons. The van der Waals surface area contributed by atoms with E-state index in [1.54, 1.807) is 40.2 Å². The maximum Gasteiger partial charge on any atom is 0.256 e. The van der Waals surface area contributed by atoms with Crippen LogP contribution < -0.4 is 5.32 Å². The van der Waals surface area contributed by atoms with Crippen LogP contribution in [0.4, 0.5) is 14.5 Å². The number of hydrogen-bond donors (Lipinski definition) is 1. The predicted octanol–water partition coefficient (Wildman–Crippen LogP) is 4.34. The third-order valence-corrected chi connectivity index (χ3v) is 5.75. The highest BCUT2D eigenvalue weighted by atomic mass is 19.1. The van der Waals surface area contributed by atoms with Crippen molar-refractivity contribution >= 4 is 17.5 Å². The number of benzene rings is 2. The normalized spacial score (nSPS) is 14.4. The van der Waals surface area contributed by atoms with Gasteiger partial charge in [-0.2, -0.15) is 5.10 Å². The van der Waals surface area contributed by atoms with E-state index < -0.39 is 11.7 Å². The molecular formula is C24H24F2N4O2. The van der Waals surface area contributed by atoms with Gasteiger partial charge in [0.1, 0.15) is 11.6 Å². The van der Waals surface area contributed by atoms with E-state index >= 15 is 0 Å². The first kappa shape index (κ1) is 21.7. The van der Waals surface area contributed by atoms with Crippen LogP contribution in [0.25, 0.3) is 11.1 Å². The molecule has 3 aromatic rings. The molecule has 1 N–H and O–H groups in total. The van der Waals surface area contributed by atoms with Gasteiger partial charge in [0.15, 0.2) is 0 Å². The Morgan fingerprint density at radius 1 is 1.06 bits per heavy atom. The first-order valence-electron chi connectivity index (χ1n) is 10.6. The zero-order chi connectivity index (χ0) is 22.7. The molecule has 32 heavy (non-hydrogen) atoms. The van der Waals surface area contributed by atoms with Crippen molar-refractivity contribution in [2.45, 2.75) is 26.3 Å². The van der Waals surface area contributed by atoms with E-state index in [0.29, 0.717) is 42.7 Å². The molecule has 2 aromatic carbocycles. The number of piperidine rings is 1. The van der Waals surface area contributed by atoms with Crippen LogP contribution in [0.5, 0.6) is 0 Å². The number of carbonyl (C=O) groups excluding carboxylic acids is 2. The Bertz CT molecular complexity index is 1120. The lowest BCUT2D eigenvalue weighted by Crippen LogP contribution is -2.41. The second-order valence-electron chi connectivity index (χ2n) is 7.84. The topological polar surface area (TPSA) is 67.2 Å². The molecule has 2 amide bonds. The van der Waals surface area contributed by atoms with Gasteiger partial charge in [-0.15, -0.1) is 0 Å². The summed E-state index contributed by atoms with van der Waals surface area (Å²) in [4.78, 5) is 26.9. The number of rotatable bonds is 5. The van der Waals surface area contributed by atoms with Crippen molar-refractivity contribution in [3.8, 4) is 11.1 Å². The monoisotopic (exact) mass is 438 g/mol. The van der Waals surface area contributed by atoms with Gasteiger partial charge in [0.05, 0.1) is 17.4 Å². The second kappa shape index (κ2) is 9.30. The number of aromatic nitrogens is 2. The van der Waals surface area contributed by atoms with Crippen LogP contribution in [0.2, 0.25) is 0 Å². The van der Waals surface area contributed by atoms with E-state index in [2.05, 4.69) is 10.4 Å². The summed E-state index contributed by atoms with van der Waals surface area (Å²) >= 11 is 0. The van der Waals surface area contributed by atoms with Crippen LogP contribution in [-0.2, 0) is 11.3 Å². The number of hydrogen-bond acceptors (Lipinski definition) is 3. The van der Waals surface area contributed by atoms with Gasteiger partial charge in [0, 0.05) is 31.7 Å². The smallest absolute Gasteiger partial charge is 0.256 e. The molecule has 0 unspecified atom stereocenters. The molecule has 166 valence electrons. The molecule has 0 spiro atoms. The summed E-state index contributed by atoms with van der Waals surface area (Å²) in [6.45, 7) is 3.44. The molecule has 0 atom stereocenters. The standard InChI is InChI=1S/C24H24F2N4O2/c1-2-30-15-20(14-27-30)28-23(31)17-9-11-29(12-10-17)24(32)21-8-5-18(13-22(21)26)16-3-6-19(25)7-4-16/h3-8,13-15,17H,2,9-12H2,1H3,(H,28,31). The van der Waals surface area contributed by atoms with Crippen molar-refractivity contribution in [3.63, 3.8) is 0 Å². The van der Waals surface area contributed by atoms with Gasteiger partial charge >= 0.3 is 0 Å². The van der Waals surface area contributed by atoms with Crippen LogP contribution in [-0.4, -0.2) is 39.6 Å². The number of halogens is 2. The zero-order valence-corrected chi connectivity index (χ0v) is 17.7. The van der Waals surface area contributed by atoms with Gasteiger partial charge in [0.2, 0.25) is 5.91 Å². The Kier molecular flexibility index (Phi) is 6.30. The van der Waals surface area contributed by atoms with Crippen LogP contribution in [0, 0.1) is 17.6 Å². The summed E-state index contributed by atoms with van der Waals surface area (Å²) in [5.41, 5.74) is 1.88. The highest BCUT2D eigenvalue weighted by molar-refractivity contribution is 5.96. The molecule has 1 aliphatic rings. The van der Waals surface area contributed by atoms with Crippen molar-refractivity contribution in [1.29, 1.82) is 0 Å². The largest absolute Gasteiger partial charge is 0.339 e. The van der Waals surface area contributed by atoms with Crippen LogP contribution >= 0.6 is 0 Å². The molecule has 0 bridgehead atoms. The summed E-state index contributed by atoms with van der Waals surface area (Å²) in [6, 6.07) is 10.1. The second-order valence-corrected chi connectivity index (χ2v) is 7.84. The molecule has 2 heterocycles. The number of nitrogens with one attached hydrogen (secondary N) is 1. The van der Waals surface area contributed by atoms with Gasteiger partial charge in [0.25, 0.3) is 5.91 Å². The van der Waals surface area contributed by atoms with Gasteiger partial charge in [-0.3, -0.25) is 14.3 Å². The van der Waals surface area contributed by atoms with Gasteiger partial charge in [-0.25, -0.2) is 8.78 Å². The lowest BCUT2D eigenvalue weighted by Gasteiger charge is -2.31. The third-order valence-electron chi connectivity index (χ3n) is 5.75. The highest BCUT2D eigenvalue weighted by Gasteiger charge is 2.29. The fourth-order valence-electron chi connectivity index (χ4n) is 3.87. The minimum atomic E-state index is -0.621. The molecule has 1 aliphatic heterocycles. The molecule has 0 aliphatic carbocycles. The van der Waals surface area contributed by atoms with E-state index in [1.165, 1.54) is 24.3 Å². The first-order valence-corrected chi connectivity index (χ1v) is 10.6. The van der Waals surface area contributed by atoms with Crippen molar-refractivity contribution in [2.24, 2.45) is 5.92 Å². The fourth-order valence-corrected chi connectivity index (χ4v) is 3.87. The molecule has 8 heteroatoms. The molecule has 6 nitrogen and oxygen atoms in total. The predicted molar refractivity (Wildman–Crippen MR) is 117 cm³/mol. The highest BCUT2D eigenvalue weighted by Crippen LogP contribution is 2.25. The minimum absolute atomic E-state index is 0.00857. The van der Waals surface area contributed by atoms with E-state index in [4.69, 9.17) is 0 Å². The lowest BCUT2D eigenvalue weighted by molar-refractivity contribution is -0.121. The minimum Gasteiger partial charge on any atom is -0.339 e. The zero-order valence-electron chi connectivity index (χ0n) is 17.7. The Balaban J connectivity index is 1.36. The van der Waals surface area contributed by atoms with Crippen LogP contribution in [0.1, 0.15) is 30.1 Å². The van der Waals surface area contributed by atoms with Crippen LogP contribution in [0.15, 0.2) is 54.9 Å². The van der Waals surface area contributed by atoms with Gasteiger partial charge < -0.3 is 10.2 Å². The van der Waals surface area contributed by atoms with Crippen molar-refractivity contribution < 1.29 is 18.4 Å². The molecule has 1 fully saturated rings. The fraction of sp³-hybridized carbons (Fsp3) is 0.292. The van der Waals surface area contributed by atoms with Gasteiger partial charge in [-0.1, -0.05) is 18.2 Å². The molecule has 0 saturated carbocycles. The Hall–Kier alpha value is -3.55. The molecule has 4 rings (SSSR count). The summed E-state index contributed by atoms with van der Waals surface area (Å²) in [5, 5.41) is 7.00. The Labute approximate surface area is 184 Å². The number of amides is 2. The average Bonchev–Trinajstić information content (AvgIpc) is 3.26. The Morgan fingerprint density at radius 2 is 1.75 bits per heavy atom.